The van der Waals surface area contributed by atoms with Crippen molar-refractivity contribution in [1.29, 1.82) is 0 Å². The molecule has 1 spiro atoms. The summed E-state index contributed by atoms with van der Waals surface area (Å²) in [6.45, 7) is 11.5. The van der Waals surface area contributed by atoms with Crippen molar-refractivity contribution in [2.45, 2.75) is 46.0 Å². The number of hydrogen-bond acceptors (Lipinski definition) is 4. The lowest BCUT2D eigenvalue weighted by Crippen LogP contribution is -2.56. The Bertz CT molecular complexity index is 505. The molecule has 0 aromatic heterocycles. The van der Waals surface area contributed by atoms with Crippen LogP contribution in [-0.2, 0) is 14.3 Å². The molecule has 3 aliphatic rings. The van der Waals surface area contributed by atoms with Crippen LogP contribution in [0.15, 0.2) is 0 Å². The predicted molar refractivity (Wildman–Crippen MR) is 101 cm³/mol. The molecule has 6 nitrogen and oxygen atoms in total. The van der Waals surface area contributed by atoms with Gasteiger partial charge in [-0.2, -0.15) is 0 Å². The number of carbonyl (C=O) groups excluding carboxylic acids is 2. The van der Waals surface area contributed by atoms with Crippen LogP contribution in [0.2, 0.25) is 0 Å². The summed E-state index contributed by atoms with van der Waals surface area (Å²) in [7, 11) is 0. The zero-order chi connectivity index (χ0) is 18.6. The maximum absolute atomic E-state index is 12.8. The minimum atomic E-state index is 0.115. The van der Waals surface area contributed by atoms with E-state index in [-0.39, 0.29) is 11.3 Å². The van der Waals surface area contributed by atoms with Crippen LogP contribution < -0.4 is 0 Å². The molecule has 0 unspecified atom stereocenters. The van der Waals surface area contributed by atoms with E-state index in [1.165, 1.54) is 0 Å². The quantitative estimate of drug-likeness (QED) is 0.743. The average Bonchev–Trinajstić information content (AvgIpc) is 2.63. The van der Waals surface area contributed by atoms with Crippen molar-refractivity contribution < 1.29 is 14.3 Å². The van der Waals surface area contributed by atoms with E-state index in [0.717, 1.165) is 78.2 Å². The number of nitrogens with zero attached hydrogens (tertiary/aromatic N) is 3. The number of likely N-dealkylation sites (tertiary alicyclic amines) is 2. The molecule has 2 amide bonds. The van der Waals surface area contributed by atoms with E-state index in [9.17, 15) is 9.59 Å². The number of ether oxygens (including phenoxy) is 1. The maximum atomic E-state index is 12.8. The summed E-state index contributed by atoms with van der Waals surface area (Å²) < 4.78 is 5.37. The molecule has 26 heavy (non-hydrogen) atoms. The van der Waals surface area contributed by atoms with Gasteiger partial charge in [0.1, 0.15) is 0 Å². The van der Waals surface area contributed by atoms with Crippen LogP contribution in [0.3, 0.4) is 0 Å². The molecular weight excluding hydrogens is 330 g/mol. The highest BCUT2D eigenvalue weighted by molar-refractivity contribution is 5.79. The van der Waals surface area contributed by atoms with E-state index in [2.05, 4.69) is 28.5 Å². The molecule has 0 radical (unpaired) electrons. The molecule has 0 aliphatic carbocycles. The van der Waals surface area contributed by atoms with Gasteiger partial charge in [0.15, 0.2) is 0 Å². The van der Waals surface area contributed by atoms with Gasteiger partial charge in [-0.05, 0) is 31.6 Å². The summed E-state index contributed by atoms with van der Waals surface area (Å²) in [5.74, 6) is 1.16. The zero-order valence-electron chi connectivity index (χ0n) is 16.5. The Balaban J connectivity index is 1.57. The van der Waals surface area contributed by atoms with Crippen molar-refractivity contribution in [1.82, 2.24) is 14.7 Å². The Hall–Kier alpha value is -1.14. The monoisotopic (exact) mass is 365 g/mol. The fourth-order valence-electron chi connectivity index (χ4n) is 4.52. The van der Waals surface area contributed by atoms with Gasteiger partial charge < -0.3 is 14.5 Å². The van der Waals surface area contributed by atoms with Crippen LogP contribution in [0.4, 0.5) is 0 Å². The minimum absolute atomic E-state index is 0.115. The van der Waals surface area contributed by atoms with Gasteiger partial charge in [0.05, 0.1) is 19.8 Å². The first-order valence-electron chi connectivity index (χ1n) is 10.3. The fraction of sp³-hybridized carbons (Fsp3) is 0.900. The van der Waals surface area contributed by atoms with Gasteiger partial charge in [0.25, 0.3) is 0 Å². The summed E-state index contributed by atoms with van der Waals surface area (Å²) in [6, 6.07) is 0. The van der Waals surface area contributed by atoms with Crippen molar-refractivity contribution in [3.05, 3.63) is 0 Å². The molecular formula is C20H35N3O3. The van der Waals surface area contributed by atoms with Crippen LogP contribution in [0, 0.1) is 11.3 Å². The van der Waals surface area contributed by atoms with Gasteiger partial charge in [-0.1, -0.05) is 13.8 Å². The maximum Gasteiger partial charge on any atom is 0.236 e. The third kappa shape index (κ3) is 4.97. The Labute approximate surface area is 157 Å². The number of morpholine rings is 1. The van der Waals surface area contributed by atoms with Crippen LogP contribution in [0.25, 0.3) is 0 Å². The molecule has 6 heteroatoms. The number of amides is 2. The minimum Gasteiger partial charge on any atom is -0.379 e. The summed E-state index contributed by atoms with van der Waals surface area (Å²) in [5, 5.41) is 0. The molecule has 0 N–H and O–H groups in total. The summed E-state index contributed by atoms with van der Waals surface area (Å²) in [4.78, 5) is 31.5. The van der Waals surface area contributed by atoms with Gasteiger partial charge in [-0.3, -0.25) is 14.5 Å². The number of carbonyl (C=O) groups is 2. The lowest BCUT2D eigenvalue weighted by atomic mass is 9.73. The average molecular weight is 366 g/mol. The van der Waals surface area contributed by atoms with E-state index < -0.39 is 0 Å². The van der Waals surface area contributed by atoms with Crippen LogP contribution in [0.5, 0.6) is 0 Å². The van der Waals surface area contributed by atoms with Crippen LogP contribution in [-0.4, -0.2) is 85.5 Å². The van der Waals surface area contributed by atoms with Crippen LogP contribution >= 0.6 is 0 Å². The van der Waals surface area contributed by atoms with Gasteiger partial charge in [-0.15, -0.1) is 0 Å². The highest BCUT2D eigenvalue weighted by Gasteiger charge is 2.42. The third-order valence-corrected chi connectivity index (χ3v) is 6.20. The van der Waals surface area contributed by atoms with Crippen molar-refractivity contribution in [3.8, 4) is 0 Å². The van der Waals surface area contributed by atoms with Crippen molar-refractivity contribution in [2.24, 2.45) is 11.3 Å². The molecule has 3 aliphatic heterocycles. The standard InChI is InChI=1S/C20H35N3O3/c1-17(2)5-9-23-16-20(7-4-18(23)24)6-3-8-22(15-20)19(25)14-21-10-12-26-13-11-21/h17H,3-16H2,1-2H3/t20-/m0/s1. The Kier molecular flexibility index (Phi) is 6.56. The smallest absolute Gasteiger partial charge is 0.236 e. The van der Waals surface area contributed by atoms with Crippen LogP contribution in [0.1, 0.15) is 46.0 Å². The molecule has 0 saturated carbocycles. The molecule has 3 fully saturated rings. The molecule has 3 heterocycles. The van der Waals surface area contributed by atoms with Gasteiger partial charge in [0, 0.05) is 51.1 Å². The first-order chi connectivity index (χ1) is 12.5. The largest absolute Gasteiger partial charge is 0.379 e. The highest BCUT2D eigenvalue weighted by Crippen LogP contribution is 2.39. The Morgan fingerprint density at radius 1 is 1.15 bits per heavy atom. The zero-order valence-corrected chi connectivity index (χ0v) is 16.5. The predicted octanol–water partition coefficient (Wildman–Crippen LogP) is 1.60. The highest BCUT2D eigenvalue weighted by atomic mass is 16.5. The molecule has 0 aromatic rings. The number of piperidine rings is 2. The summed E-state index contributed by atoms with van der Waals surface area (Å²) in [5.41, 5.74) is 0.115. The second kappa shape index (κ2) is 8.70. The van der Waals surface area contributed by atoms with Gasteiger partial charge in [-0.25, -0.2) is 0 Å². The lowest BCUT2D eigenvalue weighted by Gasteiger charge is -2.48. The SMILES string of the molecule is CC(C)CCN1C[C@@]2(CCCN(C(=O)CN3CCOCC3)C2)CCC1=O. The van der Waals surface area contributed by atoms with Crippen molar-refractivity contribution in [3.63, 3.8) is 0 Å². The summed E-state index contributed by atoms with van der Waals surface area (Å²) in [6.07, 6.45) is 4.83. The lowest BCUT2D eigenvalue weighted by molar-refractivity contribution is -0.144. The normalized spacial score (nSPS) is 28.2. The van der Waals surface area contributed by atoms with Gasteiger partial charge in [0.2, 0.25) is 11.8 Å². The van der Waals surface area contributed by atoms with E-state index in [4.69, 9.17) is 4.74 Å². The summed E-state index contributed by atoms with van der Waals surface area (Å²) >= 11 is 0. The van der Waals surface area contributed by atoms with E-state index in [1.807, 2.05) is 0 Å². The fourth-order valence-corrected chi connectivity index (χ4v) is 4.52. The van der Waals surface area contributed by atoms with E-state index >= 15 is 0 Å². The second-order valence-electron chi connectivity index (χ2n) is 8.81. The number of hydrogen-bond donors (Lipinski definition) is 0. The third-order valence-electron chi connectivity index (χ3n) is 6.20. The molecule has 0 bridgehead atoms. The first-order valence-corrected chi connectivity index (χ1v) is 10.3. The second-order valence-corrected chi connectivity index (χ2v) is 8.81. The molecule has 148 valence electrons. The van der Waals surface area contributed by atoms with Crippen molar-refractivity contribution >= 4 is 11.8 Å². The molecule has 1 atom stereocenters. The van der Waals surface area contributed by atoms with E-state index in [0.29, 0.717) is 24.8 Å². The Morgan fingerprint density at radius 2 is 1.92 bits per heavy atom. The molecule has 0 aromatic carbocycles. The number of rotatable bonds is 5. The molecule has 3 saturated heterocycles. The topological polar surface area (TPSA) is 53.1 Å². The Morgan fingerprint density at radius 3 is 2.65 bits per heavy atom. The molecule has 3 rings (SSSR count). The van der Waals surface area contributed by atoms with Crippen molar-refractivity contribution in [2.75, 3.05) is 59.0 Å². The van der Waals surface area contributed by atoms with E-state index in [1.54, 1.807) is 0 Å². The van der Waals surface area contributed by atoms with Gasteiger partial charge >= 0.3 is 0 Å². The first kappa shape index (κ1) is 19.6.